The highest BCUT2D eigenvalue weighted by Crippen LogP contribution is 2.26. The van der Waals surface area contributed by atoms with Crippen LogP contribution in [0.3, 0.4) is 0 Å². The van der Waals surface area contributed by atoms with Crippen molar-refractivity contribution in [2.75, 3.05) is 50.7 Å². The third-order valence-corrected chi connectivity index (χ3v) is 6.06. The minimum absolute atomic E-state index is 0.264. The summed E-state index contributed by atoms with van der Waals surface area (Å²) in [5.74, 6) is 1.50. The van der Waals surface area contributed by atoms with Crippen LogP contribution in [0.5, 0.6) is 5.75 Å². The molecular formula is C25H30F3N5O2. The van der Waals surface area contributed by atoms with Gasteiger partial charge in [0.25, 0.3) is 0 Å². The monoisotopic (exact) mass is 489 g/mol. The largest absolute Gasteiger partial charge is 0.573 e. The third-order valence-electron chi connectivity index (χ3n) is 6.06. The first-order chi connectivity index (χ1) is 16.9. The number of nitrogens with zero attached hydrogens (tertiary/aromatic N) is 5. The van der Waals surface area contributed by atoms with Crippen molar-refractivity contribution >= 4 is 5.82 Å². The maximum atomic E-state index is 12.3. The topological polar surface area (TPSA) is 57.9 Å². The maximum Gasteiger partial charge on any atom is 0.573 e. The quantitative estimate of drug-likeness (QED) is 0.410. The average Bonchev–Trinajstić information content (AvgIpc) is 3.32. The molecule has 1 aliphatic heterocycles. The number of rotatable bonds is 10. The second kappa shape index (κ2) is 11.5. The fourth-order valence-electron chi connectivity index (χ4n) is 4.18. The maximum absolute atomic E-state index is 12.3. The summed E-state index contributed by atoms with van der Waals surface area (Å²) in [5.41, 5.74) is 1.25. The van der Waals surface area contributed by atoms with E-state index in [2.05, 4.69) is 42.6 Å². The Kier molecular flexibility index (Phi) is 8.25. The van der Waals surface area contributed by atoms with E-state index in [1.807, 2.05) is 24.4 Å². The molecule has 0 aliphatic carbocycles. The Labute approximate surface area is 203 Å². The molecule has 0 spiro atoms. The fraction of sp³-hybridized carbons (Fsp3) is 0.440. The molecule has 3 heterocycles. The van der Waals surface area contributed by atoms with Gasteiger partial charge < -0.3 is 14.2 Å². The van der Waals surface area contributed by atoms with Gasteiger partial charge in [0.2, 0.25) is 0 Å². The number of benzene rings is 1. The van der Waals surface area contributed by atoms with Crippen LogP contribution in [0.15, 0.2) is 59.3 Å². The molecule has 0 radical (unpaired) electrons. The van der Waals surface area contributed by atoms with E-state index in [0.717, 1.165) is 63.8 Å². The van der Waals surface area contributed by atoms with Gasteiger partial charge in [0.1, 0.15) is 17.3 Å². The summed E-state index contributed by atoms with van der Waals surface area (Å²) < 4.78 is 46.4. The van der Waals surface area contributed by atoms with E-state index in [4.69, 9.17) is 4.52 Å². The van der Waals surface area contributed by atoms with Gasteiger partial charge in [0.15, 0.2) is 5.76 Å². The van der Waals surface area contributed by atoms with Crippen LogP contribution < -0.4 is 9.64 Å². The van der Waals surface area contributed by atoms with Gasteiger partial charge >= 0.3 is 6.36 Å². The minimum Gasteiger partial charge on any atom is -0.406 e. The highest BCUT2D eigenvalue weighted by Gasteiger charge is 2.31. The predicted molar refractivity (Wildman–Crippen MR) is 127 cm³/mol. The van der Waals surface area contributed by atoms with Crippen molar-refractivity contribution in [3.05, 3.63) is 60.5 Å². The molecule has 1 fully saturated rings. The number of halogens is 3. The van der Waals surface area contributed by atoms with Gasteiger partial charge in [0.05, 0.1) is 6.54 Å². The van der Waals surface area contributed by atoms with Crippen molar-refractivity contribution in [3.63, 3.8) is 0 Å². The van der Waals surface area contributed by atoms with Crippen molar-refractivity contribution < 1.29 is 22.4 Å². The molecule has 3 aromatic rings. The Bertz CT molecular complexity index is 1040. The van der Waals surface area contributed by atoms with Crippen LogP contribution in [0.25, 0.3) is 11.3 Å². The van der Waals surface area contributed by atoms with Crippen LogP contribution in [-0.2, 0) is 6.54 Å². The molecule has 0 unspecified atom stereocenters. The Balaban J connectivity index is 1.21. The fourth-order valence-corrected chi connectivity index (χ4v) is 4.18. The highest BCUT2D eigenvalue weighted by atomic mass is 19.4. The van der Waals surface area contributed by atoms with Gasteiger partial charge in [-0.05, 0) is 62.5 Å². The number of anilines is 1. The normalized spacial score (nSPS) is 15.1. The van der Waals surface area contributed by atoms with Gasteiger partial charge in [-0.15, -0.1) is 13.2 Å². The van der Waals surface area contributed by atoms with Crippen molar-refractivity contribution in [1.82, 2.24) is 19.9 Å². The zero-order valence-electron chi connectivity index (χ0n) is 19.7. The summed E-state index contributed by atoms with van der Waals surface area (Å²) in [6.07, 6.45) is -1.82. The number of pyridine rings is 1. The van der Waals surface area contributed by atoms with Crippen LogP contribution in [0, 0.1) is 0 Å². The molecule has 10 heteroatoms. The Hall–Kier alpha value is -3.11. The summed E-state index contributed by atoms with van der Waals surface area (Å²) in [7, 11) is 0. The number of alkyl halides is 3. The summed E-state index contributed by atoms with van der Waals surface area (Å²) in [6.45, 7) is 9.64. The first-order valence-corrected chi connectivity index (χ1v) is 11.8. The lowest BCUT2D eigenvalue weighted by molar-refractivity contribution is -0.274. The molecule has 1 aromatic carbocycles. The van der Waals surface area contributed by atoms with E-state index in [1.54, 1.807) is 0 Å². The van der Waals surface area contributed by atoms with Gasteiger partial charge in [-0.1, -0.05) is 18.1 Å². The summed E-state index contributed by atoms with van der Waals surface area (Å²) in [5, 5.41) is 4.08. The molecule has 0 bridgehead atoms. The lowest BCUT2D eigenvalue weighted by atomic mass is 10.1. The minimum atomic E-state index is -4.71. The molecule has 2 aromatic heterocycles. The molecular weight excluding hydrogens is 459 g/mol. The predicted octanol–water partition coefficient (Wildman–Crippen LogP) is 4.67. The number of hydrogen-bond donors (Lipinski definition) is 0. The molecule has 0 amide bonds. The van der Waals surface area contributed by atoms with Crippen molar-refractivity contribution in [2.24, 2.45) is 0 Å². The van der Waals surface area contributed by atoms with Gasteiger partial charge in [-0.25, -0.2) is 4.98 Å². The van der Waals surface area contributed by atoms with E-state index in [-0.39, 0.29) is 5.75 Å². The van der Waals surface area contributed by atoms with Crippen molar-refractivity contribution in [2.45, 2.75) is 26.3 Å². The average molecular weight is 490 g/mol. The zero-order valence-corrected chi connectivity index (χ0v) is 19.7. The van der Waals surface area contributed by atoms with Crippen LogP contribution in [0.4, 0.5) is 19.0 Å². The van der Waals surface area contributed by atoms with E-state index >= 15 is 0 Å². The zero-order chi connectivity index (χ0) is 24.7. The summed E-state index contributed by atoms with van der Waals surface area (Å²) >= 11 is 0. The molecule has 188 valence electrons. The highest BCUT2D eigenvalue weighted by molar-refractivity contribution is 5.59. The molecule has 1 saturated heterocycles. The number of ether oxygens (including phenoxy) is 1. The molecule has 35 heavy (non-hydrogen) atoms. The van der Waals surface area contributed by atoms with E-state index in [1.165, 1.54) is 24.3 Å². The molecule has 0 saturated carbocycles. The first-order valence-electron chi connectivity index (χ1n) is 11.8. The van der Waals surface area contributed by atoms with Crippen molar-refractivity contribution in [3.8, 4) is 17.0 Å². The summed E-state index contributed by atoms with van der Waals surface area (Å²) in [6, 6.07) is 13.5. The molecule has 7 nitrogen and oxygen atoms in total. The smallest absolute Gasteiger partial charge is 0.406 e. The molecule has 0 atom stereocenters. The number of aromatic nitrogens is 2. The van der Waals surface area contributed by atoms with Crippen LogP contribution >= 0.6 is 0 Å². The third kappa shape index (κ3) is 7.43. The number of piperazine rings is 1. The molecule has 0 N–H and O–H groups in total. The second-order valence-corrected chi connectivity index (χ2v) is 8.49. The Morgan fingerprint density at radius 3 is 2.49 bits per heavy atom. The van der Waals surface area contributed by atoms with Gasteiger partial charge in [-0.3, -0.25) is 9.80 Å². The van der Waals surface area contributed by atoms with Crippen LogP contribution in [0.2, 0.25) is 0 Å². The van der Waals surface area contributed by atoms with Crippen LogP contribution in [-0.4, -0.2) is 72.1 Å². The van der Waals surface area contributed by atoms with Crippen LogP contribution in [0.1, 0.15) is 19.1 Å². The van der Waals surface area contributed by atoms with E-state index in [9.17, 15) is 13.2 Å². The van der Waals surface area contributed by atoms with E-state index < -0.39 is 6.36 Å². The van der Waals surface area contributed by atoms with Gasteiger partial charge in [0, 0.05) is 44.0 Å². The second-order valence-electron chi connectivity index (χ2n) is 8.49. The van der Waals surface area contributed by atoms with Crippen molar-refractivity contribution in [1.29, 1.82) is 0 Å². The molecule has 1 aliphatic rings. The Morgan fingerprint density at radius 2 is 1.83 bits per heavy atom. The SMILES string of the molecule is CCN(CCCN1CCN(c2ccccn2)CC1)Cc1cc(-c2ccc(OC(F)(F)F)cc2)no1. The molecule has 4 rings (SSSR count). The lowest BCUT2D eigenvalue weighted by Crippen LogP contribution is -2.47. The standard InChI is InChI=1S/C25H30F3N5O2/c1-2-31(12-5-13-32-14-16-33(17-15-32)24-6-3-4-11-29-24)19-22-18-23(30-35-22)20-7-9-21(10-8-20)34-25(26,27)28/h3-4,6-11,18H,2,5,12-17,19H2,1H3. The van der Waals surface area contributed by atoms with E-state index in [0.29, 0.717) is 17.8 Å². The Morgan fingerprint density at radius 1 is 1.06 bits per heavy atom. The first kappa shape index (κ1) is 25.0. The lowest BCUT2D eigenvalue weighted by Gasteiger charge is -2.35. The summed E-state index contributed by atoms with van der Waals surface area (Å²) in [4.78, 5) is 11.6. The number of hydrogen-bond acceptors (Lipinski definition) is 7. The van der Waals surface area contributed by atoms with Gasteiger partial charge in [-0.2, -0.15) is 0 Å².